The summed E-state index contributed by atoms with van der Waals surface area (Å²) in [4.78, 5) is 14.2. The van der Waals surface area contributed by atoms with Gasteiger partial charge in [0.1, 0.15) is 6.04 Å². The number of para-hydroxylation sites is 1. The first-order chi connectivity index (χ1) is 9.99. The number of nitrogens with two attached hydrogens (primary N) is 1. The second-order valence-electron chi connectivity index (χ2n) is 4.85. The lowest BCUT2D eigenvalue weighted by atomic mass is 10.2. The van der Waals surface area contributed by atoms with E-state index in [9.17, 15) is 4.79 Å². The van der Waals surface area contributed by atoms with Gasteiger partial charge in [-0.2, -0.15) is 0 Å². The number of benzene rings is 2. The fourth-order valence-electron chi connectivity index (χ4n) is 1.93. The molecule has 2 aromatic rings. The normalized spacial score (nSPS) is 11.8. The molecule has 0 aliphatic carbocycles. The lowest BCUT2D eigenvalue weighted by Gasteiger charge is -2.26. The zero-order valence-corrected chi connectivity index (χ0v) is 12.8. The zero-order chi connectivity index (χ0) is 15.4. The number of rotatable bonds is 4. The molecule has 4 nitrogen and oxygen atoms in total. The van der Waals surface area contributed by atoms with Crippen molar-refractivity contribution >= 4 is 34.6 Å². The first-order valence-electron chi connectivity index (χ1n) is 6.63. The Labute approximate surface area is 129 Å². The van der Waals surface area contributed by atoms with Crippen molar-refractivity contribution in [2.45, 2.75) is 13.0 Å². The van der Waals surface area contributed by atoms with Gasteiger partial charge in [0.05, 0.1) is 10.7 Å². The van der Waals surface area contributed by atoms with Gasteiger partial charge in [-0.1, -0.05) is 29.8 Å². The fourth-order valence-corrected chi connectivity index (χ4v) is 2.17. The summed E-state index contributed by atoms with van der Waals surface area (Å²) < 4.78 is 0. The molecule has 0 fully saturated rings. The van der Waals surface area contributed by atoms with Crippen LogP contribution in [0.1, 0.15) is 6.92 Å². The molecule has 21 heavy (non-hydrogen) atoms. The van der Waals surface area contributed by atoms with Gasteiger partial charge in [-0.25, -0.2) is 0 Å². The molecule has 0 bridgehead atoms. The van der Waals surface area contributed by atoms with Crippen molar-refractivity contribution in [3.05, 3.63) is 53.6 Å². The number of amides is 1. The second-order valence-corrected chi connectivity index (χ2v) is 5.26. The van der Waals surface area contributed by atoms with Crippen LogP contribution in [0.25, 0.3) is 0 Å². The highest BCUT2D eigenvalue weighted by molar-refractivity contribution is 6.34. The van der Waals surface area contributed by atoms with Crippen molar-refractivity contribution in [3.63, 3.8) is 0 Å². The second kappa shape index (κ2) is 6.50. The Morgan fingerprint density at radius 1 is 1.24 bits per heavy atom. The monoisotopic (exact) mass is 303 g/mol. The standard InChI is InChI=1S/C16H18ClN3O/c1-11(20(2)13-6-4-3-5-7-13)16(21)19-15-9-8-12(18)10-14(15)17/h3-11H,18H2,1-2H3,(H,19,21). The van der Waals surface area contributed by atoms with E-state index in [1.807, 2.05) is 49.2 Å². The molecule has 1 unspecified atom stereocenters. The van der Waals surface area contributed by atoms with Crippen LogP contribution in [0.15, 0.2) is 48.5 Å². The van der Waals surface area contributed by atoms with Crippen LogP contribution in [0.3, 0.4) is 0 Å². The van der Waals surface area contributed by atoms with Crippen molar-refractivity contribution in [2.24, 2.45) is 0 Å². The Morgan fingerprint density at radius 2 is 1.90 bits per heavy atom. The molecular weight excluding hydrogens is 286 g/mol. The Hall–Kier alpha value is -2.20. The topological polar surface area (TPSA) is 58.4 Å². The third-order valence-electron chi connectivity index (χ3n) is 3.37. The van der Waals surface area contributed by atoms with Crippen LogP contribution in [0, 0.1) is 0 Å². The average molecular weight is 304 g/mol. The van der Waals surface area contributed by atoms with Crippen molar-refractivity contribution in [1.82, 2.24) is 0 Å². The number of nitrogen functional groups attached to an aromatic ring is 1. The summed E-state index contributed by atoms with van der Waals surface area (Å²) in [5, 5.41) is 3.25. The number of hydrogen-bond acceptors (Lipinski definition) is 3. The SMILES string of the molecule is CC(C(=O)Nc1ccc(N)cc1Cl)N(C)c1ccccc1. The van der Waals surface area contributed by atoms with Gasteiger partial charge >= 0.3 is 0 Å². The summed E-state index contributed by atoms with van der Waals surface area (Å²) in [5.74, 6) is -0.131. The molecule has 1 atom stereocenters. The highest BCUT2D eigenvalue weighted by Crippen LogP contribution is 2.24. The number of likely N-dealkylation sites (N-methyl/N-ethyl adjacent to an activating group) is 1. The Kier molecular flexibility index (Phi) is 4.70. The molecule has 0 aliphatic heterocycles. The molecule has 0 saturated carbocycles. The van der Waals surface area contributed by atoms with Crippen LogP contribution in [-0.4, -0.2) is 19.0 Å². The van der Waals surface area contributed by atoms with Gasteiger partial charge in [-0.15, -0.1) is 0 Å². The highest BCUT2D eigenvalue weighted by Gasteiger charge is 2.19. The van der Waals surface area contributed by atoms with Gasteiger partial charge in [0.15, 0.2) is 0 Å². The molecule has 110 valence electrons. The number of nitrogens with one attached hydrogen (secondary N) is 1. The summed E-state index contributed by atoms with van der Waals surface area (Å²) in [6, 6.07) is 14.4. The molecule has 2 aromatic carbocycles. The Balaban J connectivity index is 2.09. The zero-order valence-electron chi connectivity index (χ0n) is 12.0. The van der Waals surface area contributed by atoms with Crippen LogP contribution < -0.4 is 16.0 Å². The molecular formula is C16H18ClN3O. The summed E-state index contributed by atoms with van der Waals surface area (Å²) in [6.07, 6.45) is 0. The molecule has 5 heteroatoms. The number of hydrogen-bond donors (Lipinski definition) is 2. The number of halogens is 1. The van der Waals surface area contributed by atoms with Gasteiger partial charge in [-0.3, -0.25) is 4.79 Å². The smallest absolute Gasteiger partial charge is 0.246 e. The molecule has 0 aliphatic rings. The summed E-state index contributed by atoms with van der Waals surface area (Å²) >= 11 is 6.07. The number of nitrogens with zero attached hydrogens (tertiary/aromatic N) is 1. The van der Waals surface area contributed by atoms with Crippen LogP contribution in [0.2, 0.25) is 5.02 Å². The largest absolute Gasteiger partial charge is 0.399 e. The van der Waals surface area contributed by atoms with E-state index in [1.54, 1.807) is 18.2 Å². The maximum atomic E-state index is 12.3. The Morgan fingerprint density at radius 3 is 2.52 bits per heavy atom. The van der Waals surface area contributed by atoms with E-state index in [0.717, 1.165) is 5.69 Å². The summed E-state index contributed by atoms with van der Waals surface area (Å²) in [5.41, 5.74) is 7.73. The number of carbonyl (C=O) groups is 1. The minimum Gasteiger partial charge on any atom is -0.399 e. The van der Waals surface area contributed by atoms with Gasteiger partial charge < -0.3 is 16.0 Å². The predicted octanol–water partition coefficient (Wildman–Crippen LogP) is 3.39. The Bertz CT molecular complexity index is 631. The quantitative estimate of drug-likeness (QED) is 0.851. The van der Waals surface area contributed by atoms with E-state index in [1.165, 1.54) is 0 Å². The molecule has 0 aromatic heterocycles. The fraction of sp³-hybridized carbons (Fsp3) is 0.188. The van der Waals surface area contributed by atoms with Crippen LogP contribution in [0.5, 0.6) is 0 Å². The van der Waals surface area contributed by atoms with Gasteiger partial charge in [-0.05, 0) is 37.3 Å². The van der Waals surface area contributed by atoms with Crippen LogP contribution in [-0.2, 0) is 4.79 Å². The molecule has 2 rings (SSSR count). The molecule has 3 N–H and O–H groups in total. The lowest BCUT2D eigenvalue weighted by Crippen LogP contribution is -2.39. The lowest BCUT2D eigenvalue weighted by molar-refractivity contribution is -0.117. The first kappa shape index (κ1) is 15.2. The van der Waals surface area contributed by atoms with Crippen LogP contribution >= 0.6 is 11.6 Å². The first-order valence-corrected chi connectivity index (χ1v) is 7.00. The molecule has 0 saturated heterocycles. The van der Waals surface area contributed by atoms with Gasteiger partial charge in [0.2, 0.25) is 5.91 Å². The van der Waals surface area contributed by atoms with E-state index in [-0.39, 0.29) is 11.9 Å². The summed E-state index contributed by atoms with van der Waals surface area (Å²) in [7, 11) is 1.88. The minimum absolute atomic E-state index is 0.131. The van der Waals surface area contributed by atoms with Gasteiger partial charge in [0.25, 0.3) is 0 Å². The average Bonchev–Trinajstić information content (AvgIpc) is 2.49. The van der Waals surface area contributed by atoms with Crippen molar-refractivity contribution < 1.29 is 4.79 Å². The van der Waals surface area contributed by atoms with E-state index >= 15 is 0 Å². The summed E-state index contributed by atoms with van der Waals surface area (Å²) in [6.45, 7) is 1.84. The third-order valence-corrected chi connectivity index (χ3v) is 3.69. The molecule has 0 spiro atoms. The van der Waals surface area contributed by atoms with E-state index in [0.29, 0.717) is 16.4 Å². The van der Waals surface area contributed by atoms with Crippen molar-refractivity contribution in [1.29, 1.82) is 0 Å². The maximum Gasteiger partial charge on any atom is 0.246 e. The van der Waals surface area contributed by atoms with Crippen molar-refractivity contribution in [2.75, 3.05) is 23.0 Å². The molecule has 0 radical (unpaired) electrons. The van der Waals surface area contributed by atoms with E-state index in [4.69, 9.17) is 17.3 Å². The van der Waals surface area contributed by atoms with Gasteiger partial charge in [0, 0.05) is 18.4 Å². The van der Waals surface area contributed by atoms with Crippen LogP contribution in [0.4, 0.5) is 17.1 Å². The minimum atomic E-state index is -0.332. The molecule has 1 amide bonds. The number of anilines is 3. The third kappa shape index (κ3) is 3.67. The number of carbonyl (C=O) groups excluding carboxylic acids is 1. The molecule has 0 heterocycles. The highest BCUT2D eigenvalue weighted by atomic mass is 35.5. The maximum absolute atomic E-state index is 12.3. The predicted molar refractivity (Wildman–Crippen MR) is 88.8 cm³/mol. The van der Waals surface area contributed by atoms with Crippen molar-refractivity contribution in [3.8, 4) is 0 Å². The van der Waals surface area contributed by atoms with E-state index < -0.39 is 0 Å². The van der Waals surface area contributed by atoms with E-state index in [2.05, 4.69) is 5.32 Å².